The molecule has 0 saturated carbocycles. The highest BCUT2D eigenvalue weighted by Gasteiger charge is 2.21. The fourth-order valence-electron chi connectivity index (χ4n) is 3.75. The summed E-state index contributed by atoms with van der Waals surface area (Å²) in [6, 6.07) is 10.0. The molecule has 1 aliphatic heterocycles. The smallest absolute Gasteiger partial charge is 0.253 e. The summed E-state index contributed by atoms with van der Waals surface area (Å²) in [5.41, 5.74) is 2.02. The average molecular weight is 396 g/mol. The lowest BCUT2D eigenvalue weighted by atomic mass is 9.90. The second-order valence-electron chi connectivity index (χ2n) is 7.45. The summed E-state index contributed by atoms with van der Waals surface area (Å²) in [7, 11) is 4.01. The molecule has 1 fully saturated rings. The van der Waals surface area contributed by atoms with Gasteiger partial charge in [0.15, 0.2) is 0 Å². The van der Waals surface area contributed by atoms with Crippen molar-refractivity contribution < 1.29 is 4.79 Å². The molecule has 0 aliphatic carbocycles. The molecule has 1 unspecified atom stereocenters. The van der Waals surface area contributed by atoms with Crippen LogP contribution < -0.4 is 0 Å². The Kier molecular flexibility index (Phi) is 5.54. The Bertz CT molecular complexity index is 936. The third kappa shape index (κ3) is 4.15. The van der Waals surface area contributed by atoms with Crippen LogP contribution in [0.4, 0.5) is 0 Å². The normalized spacial score (nSPS) is 17.6. The van der Waals surface area contributed by atoms with Crippen LogP contribution in [0.5, 0.6) is 0 Å². The van der Waals surface area contributed by atoms with Gasteiger partial charge in [-0.05, 0) is 56.1 Å². The Balaban J connectivity index is 1.44. The SMILES string of the molecule is CN1CCCC(c2cccc(C(=O)N(C)Cc3cnc(-n4cccn4)s3)c2)C1. The van der Waals surface area contributed by atoms with Crippen molar-refractivity contribution in [3.8, 4) is 5.13 Å². The van der Waals surface area contributed by atoms with Gasteiger partial charge in [0.2, 0.25) is 5.13 Å². The zero-order valence-corrected chi connectivity index (χ0v) is 17.1. The highest BCUT2D eigenvalue weighted by atomic mass is 32.1. The first-order chi connectivity index (χ1) is 13.6. The highest BCUT2D eigenvalue weighted by molar-refractivity contribution is 7.14. The number of carbonyl (C=O) groups is 1. The van der Waals surface area contributed by atoms with Gasteiger partial charge >= 0.3 is 0 Å². The Labute approximate surface area is 169 Å². The number of likely N-dealkylation sites (tertiary alicyclic amines) is 1. The second-order valence-corrected chi connectivity index (χ2v) is 8.54. The van der Waals surface area contributed by atoms with Crippen molar-refractivity contribution in [2.45, 2.75) is 25.3 Å². The van der Waals surface area contributed by atoms with Crippen LogP contribution in [0.2, 0.25) is 0 Å². The van der Waals surface area contributed by atoms with Gasteiger partial charge in [0.1, 0.15) is 0 Å². The first-order valence-electron chi connectivity index (χ1n) is 9.59. The zero-order valence-electron chi connectivity index (χ0n) is 16.3. The molecule has 0 spiro atoms. The van der Waals surface area contributed by atoms with Crippen LogP contribution in [0.3, 0.4) is 0 Å². The molecule has 3 aromatic rings. The summed E-state index contributed by atoms with van der Waals surface area (Å²) in [4.78, 5) is 22.5. The van der Waals surface area contributed by atoms with Gasteiger partial charge in [0.25, 0.3) is 5.91 Å². The maximum Gasteiger partial charge on any atom is 0.253 e. The van der Waals surface area contributed by atoms with Gasteiger partial charge in [0.05, 0.1) is 6.54 Å². The van der Waals surface area contributed by atoms with Crippen LogP contribution in [0.25, 0.3) is 5.13 Å². The topological polar surface area (TPSA) is 54.3 Å². The van der Waals surface area contributed by atoms with E-state index in [1.165, 1.54) is 18.4 Å². The number of amides is 1. The van der Waals surface area contributed by atoms with Gasteiger partial charge in [-0.25, -0.2) is 9.67 Å². The van der Waals surface area contributed by atoms with E-state index in [1.807, 2.05) is 37.6 Å². The van der Waals surface area contributed by atoms with E-state index in [-0.39, 0.29) is 5.91 Å². The van der Waals surface area contributed by atoms with Crippen molar-refractivity contribution >= 4 is 17.2 Å². The van der Waals surface area contributed by atoms with E-state index in [2.05, 4.69) is 34.2 Å². The molecule has 2 aromatic heterocycles. The minimum Gasteiger partial charge on any atom is -0.337 e. The summed E-state index contributed by atoms with van der Waals surface area (Å²) in [6.07, 6.45) is 7.82. The maximum absolute atomic E-state index is 13.0. The molecule has 3 heterocycles. The highest BCUT2D eigenvalue weighted by Crippen LogP contribution is 2.27. The van der Waals surface area contributed by atoms with Crippen LogP contribution in [-0.2, 0) is 6.54 Å². The molecule has 1 amide bonds. The van der Waals surface area contributed by atoms with E-state index in [4.69, 9.17) is 0 Å². The third-order valence-electron chi connectivity index (χ3n) is 5.21. The van der Waals surface area contributed by atoms with Crippen molar-refractivity contribution in [3.63, 3.8) is 0 Å². The number of rotatable bonds is 5. The van der Waals surface area contributed by atoms with E-state index < -0.39 is 0 Å². The first-order valence-corrected chi connectivity index (χ1v) is 10.4. The van der Waals surface area contributed by atoms with Crippen molar-refractivity contribution in [2.24, 2.45) is 0 Å². The number of benzene rings is 1. The Morgan fingerprint density at radius 2 is 2.25 bits per heavy atom. The van der Waals surface area contributed by atoms with Crippen LogP contribution >= 0.6 is 11.3 Å². The van der Waals surface area contributed by atoms with Gasteiger partial charge in [0, 0.05) is 42.6 Å². The van der Waals surface area contributed by atoms with E-state index in [9.17, 15) is 4.79 Å². The summed E-state index contributed by atoms with van der Waals surface area (Å²) in [5.74, 6) is 0.551. The molecule has 28 heavy (non-hydrogen) atoms. The maximum atomic E-state index is 13.0. The standard InChI is InChI=1S/C21H25N5OS/c1-24-10-4-8-18(14-24)16-6-3-7-17(12-16)20(27)25(2)15-19-13-22-21(28-19)26-11-5-9-23-26/h3,5-7,9,11-13,18H,4,8,10,14-15H2,1-2H3. The monoisotopic (exact) mass is 395 g/mol. The van der Waals surface area contributed by atoms with Crippen LogP contribution in [0, 0.1) is 0 Å². The Hall–Kier alpha value is -2.51. The number of thiazole rings is 1. The van der Waals surface area contributed by atoms with Crippen LogP contribution in [-0.4, -0.2) is 57.7 Å². The van der Waals surface area contributed by atoms with Crippen LogP contribution in [0.1, 0.15) is 39.6 Å². The lowest BCUT2D eigenvalue weighted by molar-refractivity contribution is 0.0786. The fraction of sp³-hybridized carbons (Fsp3) is 0.381. The number of piperidine rings is 1. The molecule has 1 atom stereocenters. The predicted octanol–water partition coefficient (Wildman–Crippen LogP) is 3.41. The lowest BCUT2D eigenvalue weighted by Gasteiger charge is -2.30. The summed E-state index contributed by atoms with van der Waals surface area (Å²) >= 11 is 1.55. The zero-order chi connectivity index (χ0) is 19.5. The van der Waals surface area contributed by atoms with E-state index in [1.54, 1.807) is 27.1 Å². The molecule has 1 saturated heterocycles. The first kappa shape index (κ1) is 18.8. The van der Waals surface area contributed by atoms with E-state index in [0.717, 1.165) is 28.7 Å². The Morgan fingerprint density at radius 1 is 1.36 bits per heavy atom. The number of aromatic nitrogens is 3. The summed E-state index contributed by atoms with van der Waals surface area (Å²) in [5, 5.41) is 5.01. The molecule has 1 aliphatic rings. The average Bonchev–Trinajstić information content (AvgIpc) is 3.39. The van der Waals surface area contributed by atoms with Gasteiger partial charge in [-0.15, -0.1) is 0 Å². The fourth-order valence-corrected chi connectivity index (χ4v) is 4.65. The minimum absolute atomic E-state index is 0.0417. The molecule has 0 N–H and O–H groups in total. The summed E-state index contributed by atoms with van der Waals surface area (Å²) < 4.78 is 1.74. The molecular weight excluding hydrogens is 370 g/mol. The van der Waals surface area contributed by atoms with E-state index >= 15 is 0 Å². The molecule has 146 valence electrons. The number of hydrogen-bond acceptors (Lipinski definition) is 5. The van der Waals surface area contributed by atoms with Crippen molar-refractivity contribution in [2.75, 3.05) is 27.2 Å². The van der Waals surface area contributed by atoms with Gasteiger partial charge in [-0.2, -0.15) is 5.10 Å². The molecule has 0 radical (unpaired) electrons. The number of carbonyl (C=O) groups excluding carboxylic acids is 1. The van der Waals surface area contributed by atoms with Crippen molar-refractivity contribution in [1.29, 1.82) is 0 Å². The molecule has 4 rings (SSSR count). The van der Waals surface area contributed by atoms with Crippen molar-refractivity contribution in [1.82, 2.24) is 24.6 Å². The molecule has 0 bridgehead atoms. The second kappa shape index (κ2) is 8.24. The van der Waals surface area contributed by atoms with Gasteiger partial charge in [-0.3, -0.25) is 4.79 Å². The van der Waals surface area contributed by atoms with Crippen LogP contribution in [0.15, 0.2) is 48.9 Å². The summed E-state index contributed by atoms with van der Waals surface area (Å²) in [6.45, 7) is 2.76. The largest absolute Gasteiger partial charge is 0.337 e. The third-order valence-corrected chi connectivity index (χ3v) is 6.18. The quantitative estimate of drug-likeness (QED) is 0.664. The number of hydrogen-bond donors (Lipinski definition) is 0. The lowest BCUT2D eigenvalue weighted by Crippen LogP contribution is -2.31. The minimum atomic E-state index is 0.0417. The number of likely N-dealkylation sites (N-methyl/N-ethyl adjacent to an activating group) is 1. The van der Waals surface area contributed by atoms with Crippen molar-refractivity contribution in [3.05, 3.63) is 64.9 Å². The number of nitrogens with zero attached hydrogens (tertiary/aromatic N) is 5. The molecule has 6 nitrogen and oxygen atoms in total. The molecule has 1 aromatic carbocycles. The Morgan fingerprint density at radius 3 is 3.04 bits per heavy atom. The van der Waals surface area contributed by atoms with E-state index in [0.29, 0.717) is 12.5 Å². The molecular formula is C21H25N5OS. The van der Waals surface area contributed by atoms with Gasteiger partial charge < -0.3 is 9.80 Å². The van der Waals surface area contributed by atoms with Gasteiger partial charge in [-0.1, -0.05) is 23.5 Å². The molecule has 7 heteroatoms. The predicted molar refractivity (Wildman–Crippen MR) is 111 cm³/mol.